The molecular formula is C15H21FN4S. The van der Waals surface area contributed by atoms with Gasteiger partial charge in [-0.25, -0.2) is 14.4 Å². The summed E-state index contributed by atoms with van der Waals surface area (Å²) in [4.78, 5) is 9.46. The minimum atomic E-state index is -0.303. The van der Waals surface area contributed by atoms with Crippen LogP contribution in [0.5, 0.6) is 0 Å². The van der Waals surface area contributed by atoms with E-state index in [0.29, 0.717) is 18.7 Å². The van der Waals surface area contributed by atoms with E-state index in [1.807, 2.05) is 13.1 Å². The van der Waals surface area contributed by atoms with Crippen LogP contribution in [0, 0.1) is 12.7 Å². The summed E-state index contributed by atoms with van der Waals surface area (Å²) in [7, 11) is 0. The fourth-order valence-electron chi connectivity index (χ4n) is 1.75. The largest absolute Gasteiger partial charge is 0.361 e. The molecule has 0 bridgehead atoms. The summed E-state index contributed by atoms with van der Waals surface area (Å²) >= 11 is 1.59. The van der Waals surface area contributed by atoms with Crippen molar-refractivity contribution in [1.82, 2.24) is 15.3 Å². The Morgan fingerprint density at radius 1 is 1.24 bits per heavy atom. The topological polar surface area (TPSA) is 49.8 Å². The van der Waals surface area contributed by atoms with E-state index < -0.39 is 0 Å². The third-order valence-corrected chi connectivity index (χ3v) is 3.77. The highest BCUT2D eigenvalue weighted by molar-refractivity contribution is 7.11. The highest BCUT2D eigenvalue weighted by atomic mass is 32.1. The van der Waals surface area contributed by atoms with E-state index in [4.69, 9.17) is 0 Å². The number of nitrogens with zero attached hydrogens (tertiary/aromatic N) is 2. The Balaban J connectivity index is 2.03. The Labute approximate surface area is 128 Å². The van der Waals surface area contributed by atoms with Gasteiger partial charge in [-0.3, -0.25) is 0 Å². The van der Waals surface area contributed by atoms with E-state index in [1.54, 1.807) is 23.6 Å². The quantitative estimate of drug-likeness (QED) is 0.888. The Morgan fingerprint density at radius 2 is 2.00 bits per heavy atom. The normalized spacial score (nSPS) is 11.7. The number of aryl methyl sites for hydroxylation is 1. The molecule has 0 fully saturated rings. The summed E-state index contributed by atoms with van der Waals surface area (Å²) in [5.41, 5.74) is 0.555. The van der Waals surface area contributed by atoms with Crippen LogP contribution in [0.1, 0.15) is 36.2 Å². The zero-order valence-electron chi connectivity index (χ0n) is 12.8. The average Bonchev–Trinajstić information content (AvgIpc) is 2.81. The van der Waals surface area contributed by atoms with Crippen LogP contribution >= 0.6 is 11.3 Å². The first-order valence-corrected chi connectivity index (χ1v) is 7.70. The zero-order valence-corrected chi connectivity index (χ0v) is 13.6. The van der Waals surface area contributed by atoms with E-state index in [0.717, 1.165) is 9.88 Å². The van der Waals surface area contributed by atoms with Crippen molar-refractivity contribution < 1.29 is 4.39 Å². The van der Waals surface area contributed by atoms with Gasteiger partial charge in [0.25, 0.3) is 0 Å². The molecule has 0 aliphatic carbocycles. The molecule has 114 valence electrons. The molecule has 6 heteroatoms. The van der Waals surface area contributed by atoms with Gasteiger partial charge in [0, 0.05) is 34.9 Å². The van der Waals surface area contributed by atoms with Crippen molar-refractivity contribution in [3.05, 3.63) is 39.7 Å². The third-order valence-electron chi connectivity index (χ3n) is 2.85. The molecular weight excluding hydrogens is 287 g/mol. The number of anilines is 1. The monoisotopic (exact) mass is 308 g/mol. The molecule has 2 aromatic rings. The molecule has 0 atom stereocenters. The summed E-state index contributed by atoms with van der Waals surface area (Å²) in [5, 5.41) is 7.21. The molecule has 0 amide bonds. The van der Waals surface area contributed by atoms with Gasteiger partial charge in [0.1, 0.15) is 5.01 Å². The van der Waals surface area contributed by atoms with Crippen molar-refractivity contribution in [3.63, 3.8) is 0 Å². The van der Waals surface area contributed by atoms with Crippen molar-refractivity contribution in [2.24, 2.45) is 0 Å². The molecule has 0 saturated heterocycles. The smallest absolute Gasteiger partial charge is 0.169 e. The lowest BCUT2D eigenvalue weighted by Gasteiger charge is -2.21. The van der Waals surface area contributed by atoms with E-state index in [1.165, 1.54) is 0 Å². The molecule has 2 aromatic heterocycles. The summed E-state index contributed by atoms with van der Waals surface area (Å²) in [6, 6.07) is 1.70. The fourth-order valence-corrected chi connectivity index (χ4v) is 2.47. The van der Waals surface area contributed by atoms with Gasteiger partial charge in [0.15, 0.2) is 11.6 Å². The summed E-state index contributed by atoms with van der Waals surface area (Å²) in [5.74, 6) is -0.0291. The Morgan fingerprint density at radius 3 is 2.62 bits per heavy atom. The maximum Gasteiger partial charge on any atom is 0.169 e. The van der Waals surface area contributed by atoms with Crippen LogP contribution in [-0.4, -0.2) is 15.5 Å². The minimum absolute atomic E-state index is 0.0539. The number of nitrogens with one attached hydrogen (secondary N) is 2. The first-order chi connectivity index (χ1) is 9.85. The van der Waals surface area contributed by atoms with Crippen molar-refractivity contribution in [1.29, 1.82) is 0 Å². The van der Waals surface area contributed by atoms with Gasteiger partial charge >= 0.3 is 0 Å². The van der Waals surface area contributed by atoms with Crippen molar-refractivity contribution in [3.8, 4) is 0 Å². The zero-order chi connectivity index (χ0) is 15.5. The van der Waals surface area contributed by atoms with Crippen LogP contribution in [0.4, 0.5) is 10.2 Å². The number of rotatable bonds is 5. The second-order valence-corrected chi connectivity index (χ2v) is 7.27. The maximum atomic E-state index is 14.4. The molecule has 2 rings (SSSR count). The van der Waals surface area contributed by atoms with Gasteiger partial charge in [0.05, 0.1) is 6.54 Å². The van der Waals surface area contributed by atoms with Gasteiger partial charge in [0.2, 0.25) is 0 Å². The number of hydrogen-bond donors (Lipinski definition) is 2. The number of pyridine rings is 1. The fraction of sp³-hybridized carbons (Fsp3) is 0.467. The molecule has 0 aliphatic heterocycles. The van der Waals surface area contributed by atoms with Crippen LogP contribution in [-0.2, 0) is 13.1 Å². The number of halogens is 1. The summed E-state index contributed by atoms with van der Waals surface area (Å²) in [6.07, 6.45) is 3.44. The molecule has 0 unspecified atom stereocenters. The highest BCUT2D eigenvalue weighted by Gasteiger charge is 2.13. The SMILES string of the molecule is Cc1cnc(CNc2nccc(CNC(C)(C)C)c2F)s1. The molecule has 2 heterocycles. The lowest BCUT2D eigenvalue weighted by Crippen LogP contribution is -2.35. The van der Waals surface area contributed by atoms with Crippen LogP contribution in [0.2, 0.25) is 0 Å². The van der Waals surface area contributed by atoms with Crippen molar-refractivity contribution >= 4 is 17.2 Å². The standard InChI is InChI=1S/C15H21FN4S/c1-10-7-18-12(21-10)9-19-14-13(16)11(5-6-17-14)8-20-15(2,3)4/h5-7,20H,8-9H2,1-4H3,(H,17,19). The first-order valence-electron chi connectivity index (χ1n) is 6.89. The Kier molecular flexibility index (Phi) is 4.90. The average molecular weight is 308 g/mol. The number of hydrogen-bond acceptors (Lipinski definition) is 5. The van der Waals surface area contributed by atoms with Crippen molar-refractivity contribution in [2.75, 3.05) is 5.32 Å². The molecule has 4 nitrogen and oxygen atoms in total. The van der Waals surface area contributed by atoms with Crippen LogP contribution < -0.4 is 10.6 Å². The van der Waals surface area contributed by atoms with E-state index in [2.05, 4.69) is 41.4 Å². The molecule has 0 radical (unpaired) electrons. The molecule has 0 aliphatic rings. The highest BCUT2D eigenvalue weighted by Crippen LogP contribution is 2.18. The second-order valence-electron chi connectivity index (χ2n) is 5.95. The Hall–Kier alpha value is -1.53. The van der Waals surface area contributed by atoms with Gasteiger partial charge < -0.3 is 10.6 Å². The van der Waals surface area contributed by atoms with E-state index in [-0.39, 0.29) is 17.2 Å². The number of thiazole rings is 1. The number of aromatic nitrogens is 2. The summed E-state index contributed by atoms with van der Waals surface area (Å²) in [6.45, 7) is 9.11. The van der Waals surface area contributed by atoms with Gasteiger partial charge in [-0.05, 0) is 33.8 Å². The van der Waals surface area contributed by atoms with E-state index in [9.17, 15) is 4.39 Å². The minimum Gasteiger partial charge on any atom is -0.361 e. The molecule has 0 spiro atoms. The third kappa shape index (κ3) is 4.75. The lowest BCUT2D eigenvalue weighted by molar-refractivity contribution is 0.418. The molecule has 2 N–H and O–H groups in total. The molecule has 21 heavy (non-hydrogen) atoms. The maximum absolute atomic E-state index is 14.4. The van der Waals surface area contributed by atoms with Crippen molar-refractivity contribution in [2.45, 2.75) is 46.3 Å². The predicted octanol–water partition coefficient (Wildman–Crippen LogP) is 3.49. The van der Waals surface area contributed by atoms with Gasteiger partial charge in [-0.1, -0.05) is 0 Å². The van der Waals surface area contributed by atoms with Gasteiger partial charge in [-0.2, -0.15) is 0 Å². The van der Waals surface area contributed by atoms with E-state index >= 15 is 0 Å². The van der Waals surface area contributed by atoms with Crippen LogP contribution in [0.3, 0.4) is 0 Å². The second kappa shape index (κ2) is 6.49. The summed E-state index contributed by atoms with van der Waals surface area (Å²) < 4.78 is 14.4. The van der Waals surface area contributed by atoms with Gasteiger partial charge in [-0.15, -0.1) is 11.3 Å². The first kappa shape index (κ1) is 15.9. The lowest BCUT2D eigenvalue weighted by atomic mass is 10.1. The van der Waals surface area contributed by atoms with Crippen LogP contribution in [0.15, 0.2) is 18.5 Å². The Bertz CT molecular complexity index is 604. The van der Waals surface area contributed by atoms with Crippen LogP contribution in [0.25, 0.3) is 0 Å². The molecule has 0 aromatic carbocycles. The predicted molar refractivity (Wildman–Crippen MR) is 85.0 cm³/mol. The molecule has 0 saturated carbocycles.